The summed E-state index contributed by atoms with van der Waals surface area (Å²) in [6.45, 7) is 0.271. The minimum Gasteiger partial charge on any atom is -0.346 e. The maximum atomic E-state index is 13.2. The SMILES string of the molecule is O=C(NCc1ccccn1)c1ccnc(C(=O)Nc2cccc(F)c2)c1. The molecule has 1 aromatic carbocycles. The number of nitrogens with one attached hydrogen (secondary N) is 2. The first-order valence-corrected chi connectivity index (χ1v) is 7.83. The second-order valence-corrected chi connectivity index (χ2v) is 5.40. The van der Waals surface area contributed by atoms with Gasteiger partial charge in [-0.2, -0.15) is 0 Å². The fourth-order valence-electron chi connectivity index (χ4n) is 2.23. The van der Waals surface area contributed by atoms with E-state index in [1.54, 1.807) is 24.4 Å². The maximum Gasteiger partial charge on any atom is 0.274 e. The standard InChI is InChI=1S/C19H15FN4O2/c20-14-4-3-6-15(11-14)24-19(26)17-10-13(7-9-22-17)18(25)23-12-16-5-1-2-8-21-16/h1-11H,12H2,(H,23,25)(H,24,26). The predicted molar refractivity (Wildman–Crippen MR) is 94.0 cm³/mol. The predicted octanol–water partition coefficient (Wildman–Crippen LogP) is 2.80. The molecule has 0 radical (unpaired) electrons. The molecule has 0 aliphatic rings. The molecule has 3 rings (SSSR count). The summed E-state index contributed by atoms with van der Waals surface area (Å²) in [5.41, 5.74) is 1.38. The Morgan fingerprint density at radius 3 is 2.58 bits per heavy atom. The van der Waals surface area contributed by atoms with Gasteiger partial charge in [0.2, 0.25) is 0 Å². The Morgan fingerprint density at radius 2 is 1.81 bits per heavy atom. The van der Waals surface area contributed by atoms with Crippen molar-refractivity contribution in [3.05, 3.63) is 89.8 Å². The topological polar surface area (TPSA) is 84.0 Å². The average Bonchev–Trinajstić information content (AvgIpc) is 2.67. The lowest BCUT2D eigenvalue weighted by atomic mass is 10.2. The highest BCUT2D eigenvalue weighted by Crippen LogP contribution is 2.11. The number of rotatable bonds is 5. The second-order valence-electron chi connectivity index (χ2n) is 5.40. The van der Waals surface area contributed by atoms with Gasteiger partial charge in [0.25, 0.3) is 11.8 Å². The molecule has 2 N–H and O–H groups in total. The Hall–Kier alpha value is -3.61. The Labute approximate surface area is 149 Å². The van der Waals surface area contributed by atoms with Crippen LogP contribution >= 0.6 is 0 Å². The van der Waals surface area contributed by atoms with E-state index in [1.807, 2.05) is 6.07 Å². The monoisotopic (exact) mass is 350 g/mol. The molecule has 2 aromatic heterocycles. The van der Waals surface area contributed by atoms with Gasteiger partial charge in [0.05, 0.1) is 12.2 Å². The third kappa shape index (κ3) is 4.47. The number of pyridine rings is 2. The Bertz CT molecular complexity index is 932. The third-order valence-corrected chi connectivity index (χ3v) is 3.49. The molecular weight excluding hydrogens is 335 g/mol. The van der Waals surface area contributed by atoms with Crippen molar-refractivity contribution in [3.63, 3.8) is 0 Å². The first-order valence-electron chi connectivity index (χ1n) is 7.83. The Kier molecular flexibility index (Phi) is 5.28. The maximum absolute atomic E-state index is 13.2. The molecule has 0 spiro atoms. The molecule has 3 aromatic rings. The molecule has 2 amide bonds. The molecule has 130 valence electrons. The second kappa shape index (κ2) is 7.98. The molecule has 0 fully saturated rings. The van der Waals surface area contributed by atoms with Gasteiger partial charge >= 0.3 is 0 Å². The van der Waals surface area contributed by atoms with Gasteiger partial charge in [-0.15, -0.1) is 0 Å². The summed E-state index contributed by atoms with van der Waals surface area (Å²) in [6, 6.07) is 13.8. The molecule has 0 saturated heterocycles. The van der Waals surface area contributed by atoms with Gasteiger partial charge in [0.1, 0.15) is 11.5 Å². The van der Waals surface area contributed by atoms with Crippen LogP contribution < -0.4 is 10.6 Å². The van der Waals surface area contributed by atoms with E-state index in [-0.39, 0.29) is 18.1 Å². The van der Waals surface area contributed by atoms with Gasteiger partial charge in [-0.25, -0.2) is 4.39 Å². The molecule has 0 unspecified atom stereocenters. The van der Waals surface area contributed by atoms with Crippen molar-refractivity contribution in [2.24, 2.45) is 0 Å². The molecule has 0 bridgehead atoms. The van der Waals surface area contributed by atoms with Gasteiger partial charge in [0, 0.05) is 23.6 Å². The molecular formula is C19H15FN4O2. The quantitative estimate of drug-likeness (QED) is 0.741. The van der Waals surface area contributed by atoms with E-state index in [9.17, 15) is 14.0 Å². The molecule has 0 aliphatic heterocycles. The summed E-state index contributed by atoms with van der Waals surface area (Å²) in [5.74, 6) is -1.34. The lowest BCUT2D eigenvalue weighted by Crippen LogP contribution is -2.24. The highest BCUT2D eigenvalue weighted by Gasteiger charge is 2.12. The first kappa shape index (κ1) is 17.2. The lowest BCUT2D eigenvalue weighted by molar-refractivity contribution is 0.0950. The third-order valence-electron chi connectivity index (χ3n) is 3.49. The fourth-order valence-corrected chi connectivity index (χ4v) is 2.23. The zero-order valence-electron chi connectivity index (χ0n) is 13.6. The summed E-state index contributed by atoms with van der Waals surface area (Å²) >= 11 is 0. The van der Waals surface area contributed by atoms with Crippen LogP contribution in [0.15, 0.2) is 67.0 Å². The molecule has 6 nitrogen and oxygen atoms in total. The largest absolute Gasteiger partial charge is 0.346 e. The van der Waals surface area contributed by atoms with Crippen molar-refractivity contribution in [1.82, 2.24) is 15.3 Å². The minimum atomic E-state index is -0.532. The zero-order valence-corrected chi connectivity index (χ0v) is 13.6. The van der Waals surface area contributed by atoms with E-state index in [0.717, 1.165) is 5.69 Å². The van der Waals surface area contributed by atoms with E-state index in [1.165, 1.54) is 36.5 Å². The number of halogens is 1. The summed E-state index contributed by atoms with van der Waals surface area (Å²) < 4.78 is 13.2. The summed E-state index contributed by atoms with van der Waals surface area (Å²) in [5, 5.41) is 5.27. The van der Waals surface area contributed by atoms with Crippen molar-refractivity contribution in [3.8, 4) is 0 Å². The van der Waals surface area contributed by atoms with Crippen LogP contribution in [-0.4, -0.2) is 21.8 Å². The molecule has 0 atom stereocenters. The van der Waals surface area contributed by atoms with Crippen LogP contribution in [0.25, 0.3) is 0 Å². The van der Waals surface area contributed by atoms with Gasteiger partial charge in [0.15, 0.2) is 0 Å². The number of amides is 2. The lowest BCUT2D eigenvalue weighted by Gasteiger charge is -2.07. The van der Waals surface area contributed by atoms with E-state index < -0.39 is 11.7 Å². The van der Waals surface area contributed by atoms with Crippen LogP contribution in [0.1, 0.15) is 26.5 Å². The van der Waals surface area contributed by atoms with Crippen LogP contribution in [0, 0.1) is 5.82 Å². The van der Waals surface area contributed by atoms with Crippen molar-refractivity contribution >= 4 is 17.5 Å². The number of nitrogens with zero attached hydrogens (tertiary/aromatic N) is 2. The van der Waals surface area contributed by atoms with E-state index in [2.05, 4.69) is 20.6 Å². The molecule has 2 heterocycles. The molecule has 7 heteroatoms. The van der Waals surface area contributed by atoms with Crippen molar-refractivity contribution < 1.29 is 14.0 Å². The number of carbonyl (C=O) groups is 2. The fraction of sp³-hybridized carbons (Fsp3) is 0.0526. The normalized spacial score (nSPS) is 10.2. The highest BCUT2D eigenvalue weighted by molar-refractivity contribution is 6.04. The minimum absolute atomic E-state index is 0.0553. The first-order chi connectivity index (χ1) is 12.6. The van der Waals surface area contributed by atoms with Crippen LogP contribution in [0.4, 0.5) is 10.1 Å². The van der Waals surface area contributed by atoms with Crippen molar-refractivity contribution in [2.75, 3.05) is 5.32 Å². The van der Waals surface area contributed by atoms with Crippen LogP contribution in [0.3, 0.4) is 0 Å². The average molecular weight is 350 g/mol. The van der Waals surface area contributed by atoms with Gasteiger partial charge in [-0.05, 0) is 42.5 Å². The Balaban J connectivity index is 1.67. The van der Waals surface area contributed by atoms with E-state index in [4.69, 9.17) is 0 Å². The molecule has 0 aliphatic carbocycles. The summed E-state index contributed by atoms with van der Waals surface area (Å²) in [4.78, 5) is 32.6. The van der Waals surface area contributed by atoms with E-state index >= 15 is 0 Å². The number of hydrogen-bond acceptors (Lipinski definition) is 4. The van der Waals surface area contributed by atoms with Crippen molar-refractivity contribution in [1.29, 1.82) is 0 Å². The molecule has 26 heavy (non-hydrogen) atoms. The summed E-state index contributed by atoms with van der Waals surface area (Å²) in [6.07, 6.45) is 3.01. The van der Waals surface area contributed by atoms with Gasteiger partial charge < -0.3 is 10.6 Å². The van der Waals surface area contributed by atoms with Crippen molar-refractivity contribution in [2.45, 2.75) is 6.54 Å². The highest BCUT2D eigenvalue weighted by atomic mass is 19.1. The van der Waals surface area contributed by atoms with E-state index in [0.29, 0.717) is 11.3 Å². The number of benzene rings is 1. The number of anilines is 1. The summed E-state index contributed by atoms with van der Waals surface area (Å²) in [7, 11) is 0. The number of aromatic nitrogens is 2. The zero-order chi connectivity index (χ0) is 18.4. The Morgan fingerprint density at radius 1 is 0.923 bits per heavy atom. The molecule has 0 saturated carbocycles. The smallest absolute Gasteiger partial charge is 0.274 e. The van der Waals surface area contributed by atoms with Crippen LogP contribution in [0.2, 0.25) is 0 Å². The van der Waals surface area contributed by atoms with Crippen LogP contribution in [0.5, 0.6) is 0 Å². The van der Waals surface area contributed by atoms with Gasteiger partial charge in [-0.3, -0.25) is 19.6 Å². The number of hydrogen-bond donors (Lipinski definition) is 2. The number of carbonyl (C=O) groups excluding carboxylic acids is 2. The van der Waals surface area contributed by atoms with Crippen LogP contribution in [-0.2, 0) is 6.54 Å². The van der Waals surface area contributed by atoms with Gasteiger partial charge in [-0.1, -0.05) is 12.1 Å².